The Balaban J connectivity index is 2.13. The lowest BCUT2D eigenvalue weighted by Crippen LogP contribution is -2.36. The molecule has 0 radical (unpaired) electrons. The summed E-state index contributed by atoms with van der Waals surface area (Å²) in [5.74, 6) is -0.132. The molecular formula is C15H18N2O2. The zero-order valence-electron chi connectivity index (χ0n) is 11.2. The summed E-state index contributed by atoms with van der Waals surface area (Å²) in [5.41, 5.74) is 1.16. The third-order valence-corrected chi connectivity index (χ3v) is 3.02. The van der Waals surface area contributed by atoms with Crippen LogP contribution in [0.5, 0.6) is 0 Å². The smallest absolute Gasteiger partial charge is 0.251 e. The third kappa shape index (κ3) is 3.29. The molecule has 1 aromatic carbocycles. The third-order valence-electron chi connectivity index (χ3n) is 3.02. The van der Waals surface area contributed by atoms with E-state index in [1.165, 1.54) is 0 Å². The lowest BCUT2D eigenvalue weighted by atomic mass is 9.95. The molecule has 100 valence electrons. The minimum atomic E-state index is -0.311. The van der Waals surface area contributed by atoms with Gasteiger partial charge in [0.05, 0.1) is 5.52 Å². The summed E-state index contributed by atoms with van der Waals surface area (Å²) < 4.78 is 0. The van der Waals surface area contributed by atoms with E-state index in [-0.39, 0.29) is 17.9 Å². The molecule has 0 saturated carbocycles. The van der Waals surface area contributed by atoms with Crippen molar-refractivity contribution in [1.82, 2.24) is 10.3 Å². The van der Waals surface area contributed by atoms with Crippen LogP contribution in [0, 0.1) is 5.41 Å². The van der Waals surface area contributed by atoms with Crippen LogP contribution in [0.1, 0.15) is 24.2 Å². The number of amides is 1. The Kier molecular flexibility index (Phi) is 3.81. The number of carbonyl (C=O) groups excluding carboxylic acids is 1. The molecule has 0 atom stereocenters. The number of fused-ring (bicyclic) bond motifs is 1. The second-order valence-corrected chi connectivity index (χ2v) is 5.42. The van der Waals surface area contributed by atoms with E-state index in [4.69, 9.17) is 5.11 Å². The van der Waals surface area contributed by atoms with Gasteiger partial charge in [-0.1, -0.05) is 19.9 Å². The first-order valence-electron chi connectivity index (χ1n) is 6.26. The molecule has 0 bridgehead atoms. The van der Waals surface area contributed by atoms with Gasteiger partial charge in [0, 0.05) is 35.7 Å². The number of hydrogen-bond acceptors (Lipinski definition) is 3. The molecule has 0 saturated heterocycles. The molecule has 19 heavy (non-hydrogen) atoms. The summed E-state index contributed by atoms with van der Waals surface area (Å²) in [5, 5.41) is 12.9. The molecule has 0 unspecified atom stereocenters. The zero-order chi connectivity index (χ0) is 13.9. The summed E-state index contributed by atoms with van der Waals surface area (Å²) >= 11 is 0. The second kappa shape index (κ2) is 5.36. The Morgan fingerprint density at radius 2 is 2.16 bits per heavy atom. The Hall–Kier alpha value is -1.94. The Labute approximate surface area is 112 Å². The molecule has 0 fully saturated rings. The van der Waals surface area contributed by atoms with Gasteiger partial charge in [-0.3, -0.25) is 9.78 Å². The molecule has 0 aliphatic heterocycles. The maximum absolute atomic E-state index is 12.0. The van der Waals surface area contributed by atoms with Gasteiger partial charge in [0.15, 0.2) is 0 Å². The summed E-state index contributed by atoms with van der Waals surface area (Å²) in [6, 6.07) is 9.19. The standard InChI is InChI=1S/C15H18N2O2/c1-15(2,10-18)9-17-14(19)12-5-6-13-11(8-12)4-3-7-16-13/h3-8,18H,9-10H2,1-2H3,(H,17,19). The first kappa shape index (κ1) is 13.5. The molecule has 4 nitrogen and oxygen atoms in total. The normalized spacial score (nSPS) is 11.5. The van der Waals surface area contributed by atoms with Crippen molar-refractivity contribution in [3.8, 4) is 0 Å². The van der Waals surface area contributed by atoms with Gasteiger partial charge in [-0.15, -0.1) is 0 Å². The van der Waals surface area contributed by atoms with Crippen LogP contribution in [0.2, 0.25) is 0 Å². The minimum Gasteiger partial charge on any atom is -0.396 e. The molecule has 4 heteroatoms. The van der Waals surface area contributed by atoms with Crippen molar-refractivity contribution in [2.75, 3.05) is 13.2 Å². The zero-order valence-corrected chi connectivity index (χ0v) is 11.2. The molecule has 0 spiro atoms. The van der Waals surface area contributed by atoms with Gasteiger partial charge >= 0.3 is 0 Å². The fourth-order valence-corrected chi connectivity index (χ4v) is 1.69. The highest BCUT2D eigenvalue weighted by atomic mass is 16.3. The van der Waals surface area contributed by atoms with Crippen LogP contribution in [0.25, 0.3) is 10.9 Å². The van der Waals surface area contributed by atoms with Gasteiger partial charge in [0.25, 0.3) is 5.91 Å². The number of benzene rings is 1. The van der Waals surface area contributed by atoms with Crippen LogP contribution in [0.15, 0.2) is 36.5 Å². The quantitative estimate of drug-likeness (QED) is 0.881. The molecule has 1 aromatic heterocycles. The van der Waals surface area contributed by atoms with Crippen molar-refractivity contribution in [1.29, 1.82) is 0 Å². The van der Waals surface area contributed by atoms with Crippen molar-refractivity contribution in [2.24, 2.45) is 5.41 Å². The number of aromatic nitrogens is 1. The van der Waals surface area contributed by atoms with Crippen LogP contribution in [-0.4, -0.2) is 29.1 Å². The van der Waals surface area contributed by atoms with Crippen LogP contribution in [0.4, 0.5) is 0 Å². The van der Waals surface area contributed by atoms with Crippen molar-refractivity contribution < 1.29 is 9.90 Å². The van der Waals surface area contributed by atoms with E-state index in [2.05, 4.69) is 10.3 Å². The lowest BCUT2D eigenvalue weighted by molar-refractivity contribution is 0.0911. The molecule has 1 heterocycles. The van der Waals surface area contributed by atoms with E-state index >= 15 is 0 Å². The average molecular weight is 258 g/mol. The highest BCUT2D eigenvalue weighted by Crippen LogP contribution is 2.15. The number of aliphatic hydroxyl groups is 1. The van der Waals surface area contributed by atoms with Crippen LogP contribution in [-0.2, 0) is 0 Å². The predicted octanol–water partition coefficient (Wildman–Crippen LogP) is 1.98. The minimum absolute atomic E-state index is 0.0366. The molecule has 0 aliphatic carbocycles. The van der Waals surface area contributed by atoms with Crippen LogP contribution in [0.3, 0.4) is 0 Å². The Morgan fingerprint density at radius 3 is 2.89 bits per heavy atom. The van der Waals surface area contributed by atoms with Gasteiger partial charge in [-0.25, -0.2) is 0 Å². The molecule has 2 aromatic rings. The summed E-state index contributed by atoms with van der Waals surface area (Å²) in [7, 11) is 0. The van der Waals surface area contributed by atoms with Crippen LogP contribution >= 0.6 is 0 Å². The number of aliphatic hydroxyl groups excluding tert-OH is 1. The maximum Gasteiger partial charge on any atom is 0.251 e. The highest BCUT2D eigenvalue weighted by Gasteiger charge is 2.18. The largest absolute Gasteiger partial charge is 0.396 e. The van der Waals surface area contributed by atoms with E-state index in [9.17, 15) is 4.79 Å². The fraction of sp³-hybridized carbons (Fsp3) is 0.333. The highest BCUT2D eigenvalue weighted by molar-refractivity contribution is 5.97. The van der Waals surface area contributed by atoms with Gasteiger partial charge in [-0.2, -0.15) is 0 Å². The summed E-state index contributed by atoms with van der Waals surface area (Å²) in [6.45, 7) is 4.28. The van der Waals surface area contributed by atoms with Gasteiger partial charge < -0.3 is 10.4 Å². The van der Waals surface area contributed by atoms with E-state index in [0.717, 1.165) is 10.9 Å². The van der Waals surface area contributed by atoms with Gasteiger partial charge in [0.1, 0.15) is 0 Å². The molecular weight excluding hydrogens is 240 g/mol. The van der Waals surface area contributed by atoms with Crippen molar-refractivity contribution in [3.05, 3.63) is 42.1 Å². The molecule has 2 N–H and O–H groups in total. The fourth-order valence-electron chi connectivity index (χ4n) is 1.69. The first-order chi connectivity index (χ1) is 9.02. The van der Waals surface area contributed by atoms with Crippen molar-refractivity contribution in [2.45, 2.75) is 13.8 Å². The van der Waals surface area contributed by atoms with Crippen LogP contribution < -0.4 is 5.32 Å². The van der Waals surface area contributed by atoms with Gasteiger partial charge in [0.2, 0.25) is 0 Å². The average Bonchev–Trinajstić information content (AvgIpc) is 2.44. The van der Waals surface area contributed by atoms with E-state index in [1.807, 2.05) is 38.1 Å². The van der Waals surface area contributed by atoms with E-state index < -0.39 is 0 Å². The topological polar surface area (TPSA) is 62.2 Å². The van der Waals surface area contributed by atoms with Gasteiger partial charge in [-0.05, 0) is 24.3 Å². The Bertz CT molecular complexity index is 593. The Morgan fingerprint density at radius 1 is 1.37 bits per heavy atom. The predicted molar refractivity (Wildman–Crippen MR) is 74.9 cm³/mol. The molecule has 0 aliphatic rings. The summed E-state index contributed by atoms with van der Waals surface area (Å²) in [4.78, 5) is 16.3. The number of hydrogen-bond donors (Lipinski definition) is 2. The number of nitrogens with one attached hydrogen (secondary N) is 1. The molecule has 1 amide bonds. The number of pyridine rings is 1. The second-order valence-electron chi connectivity index (χ2n) is 5.42. The number of carbonyl (C=O) groups is 1. The number of nitrogens with zero attached hydrogens (tertiary/aromatic N) is 1. The lowest BCUT2D eigenvalue weighted by Gasteiger charge is -2.21. The monoisotopic (exact) mass is 258 g/mol. The first-order valence-corrected chi connectivity index (χ1v) is 6.26. The van der Waals surface area contributed by atoms with E-state index in [0.29, 0.717) is 12.1 Å². The summed E-state index contributed by atoms with van der Waals surface area (Å²) in [6.07, 6.45) is 1.73. The molecule has 2 rings (SSSR count). The van der Waals surface area contributed by atoms with E-state index in [1.54, 1.807) is 12.3 Å². The van der Waals surface area contributed by atoms with Crippen molar-refractivity contribution >= 4 is 16.8 Å². The number of rotatable bonds is 4. The van der Waals surface area contributed by atoms with Crippen molar-refractivity contribution in [3.63, 3.8) is 0 Å². The maximum atomic E-state index is 12.0. The SMILES string of the molecule is CC(C)(CO)CNC(=O)c1ccc2ncccc2c1.